The number of ketones is 1. The second-order valence-electron chi connectivity index (χ2n) is 3.65. The Hall–Kier alpha value is -2.35. The van der Waals surface area contributed by atoms with E-state index in [1.54, 1.807) is 24.3 Å². The molecule has 2 rings (SSSR count). The summed E-state index contributed by atoms with van der Waals surface area (Å²) in [5.74, 6) is 0.0962. The van der Waals surface area contributed by atoms with E-state index in [4.69, 9.17) is 0 Å². The molecule has 84 valence electrons. The van der Waals surface area contributed by atoms with Crippen molar-refractivity contribution in [1.29, 1.82) is 0 Å². The largest absolute Gasteiger partial charge is 0.507 e. The zero-order valence-electron chi connectivity index (χ0n) is 9.25. The highest BCUT2D eigenvalue weighted by molar-refractivity contribution is 6.08. The third kappa shape index (κ3) is 2.82. The molecular formula is C15H13O2+. The van der Waals surface area contributed by atoms with Crippen molar-refractivity contribution in [3.05, 3.63) is 77.9 Å². The molecule has 0 bridgehead atoms. The summed E-state index contributed by atoms with van der Waals surface area (Å²) >= 11 is 0. The van der Waals surface area contributed by atoms with Crippen molar-refractivity contribution in [1.82, 2.24) is 0 Å². The van der Waals surface area contributed by atoms with Crippen LogP contribution >= 0.6 is 0 Å². The van der Waals surface area contributed by atoms with Gasteiger partial charge in [-0.2, -0.15) is 0 Å². The SMILES string of the molecule is O/C(=C\C(=[OH+])c1ccccc1)c1ccccc1. The molecule has 2 heteroatoms. The van der Waals surface area contributed by atoms with Crippen molar-refractivity contribution in [2.45, 2.75) is 0 Å². The summed E-state index contributed by atoms with van der Waals surface area (Å²) in [7, 11) is 0. The summed E-state index contributed by atoms with van der Waals surface area (Å²) in [6.45, 7) is 0. The zero-order chi connectivity index (χ0) is 12.1. The zero-order valence-corrected chi connectivity index (χ0v) is 9.25. The molecular weight excluding hydrogens is 212 g/mol. The molecule has 2 N–H and O–H groups in total. The monoisotopic (exact) mass is 225 g/mol. The second kappa shape index (κ2) is 5.12. The Bertz CT molecular complexity index is 527. The highest BCUT2D eigenvalue weighted by Gasteiger charge is 2.10. The van der Waals surface area contributed by atoms with Gasteiger partial charge >= 0.3 is 5.78 Å². The van der Waals surface area contributed by atoms with E-state index in [0.717, 1.165) is 0 Å². The topological polar surface area (TPSA) is 41.6 Å². The minimum Gasteiger partial charge on any atom is -0.507 e. The third-order valence-electron chi connectivity index (χ3n) is 2.41. The summed E-state index contributed by atoms with van der Waals surface area (Å²) in [6, 6.07) is 18.2. The number of aliphatic hydroxyl groups excluding tert-OH is 1. The van der Waals surface area contributed by atoms with Crippen LogP contribution in [0.1, 0.15) is 11.1 Å². The van der Waals surface area contributed by atoms with Gasteiger partial charge in [0.2, 0.25) is 0 Å². The Morgan fingerprint density at radius 1 is 0.824 bits per heavy atom. The van der Waals surface area contributed by atoms with Crippen LogP contribution in [0.3, 0.4) is 0 Å². The fraction of sp³-hybridized carbons (Fsp3) is 0. The first-order chi connectivity index (χ1) is 8.27. The van der Waals surface area contributed by atoms with Gasteiger partial charge in [-0.25, -0.2) is 0 Å². The van der Waals surface area contributed by atoms with Crippen LogP contribution in [-0.4, -0.2) is 15.7 Å². The van der Waals surface area contributed by atoms with Crippen molar-refractivity contribution < 1.29 is 9.90 Å². The summed E-state index contributed by atoms with van der Waals surface area (Å²) in [5.41, 5.74) is 1.35. The van der Waals surface area contributed by atoms with Crippen molar-refractivity contribution in [3.8, 4) is 0 Å². The first-order valence-electron chi connectivity index (χ1n) is 5.35. The minimum atomic E-state index is 0.0481. The number of hydrogen-bond acceptors (Lipinski definition) is 1. The fourth-order valence-corrected chi connectivity index (χ4v) is 1.51. The fourth-order valence-electron chi connectivity index (χ4n) is 1.51. The van der Waals surface area contributed by atoms with Gasteiger partial charge in [0.05, 0.1) is 11.6 Å². The van der Waals surface area contributed by atoms with Crippen molar-refractivity contribution in [3.63, 3.8) is 0 Å². The number of rotatable bonds is 3. The summed E-state index contributed by atoms with van der Waals surface area (Å²) in [6.07, 6.45) is 1.35. The van der Waals surface area contributed by atoms with E-state index < -0.39 is 0 Å². The normalized spacial score (nSPS) is 11.2. The second-order valence-corrected chi connectivity index (χ2v) is 3.65. The molecule has 0 saturated carbocycles. The molecule has 0 fully saturated rings. The van der Waals surface area contributed by atoms with Gasteiger partial charge in [-0.3, -0.25) is 4.79 Å². The first-order valence-corrected chi connectivity index (χ1v) is 5.35. The Balaban J connectivity index is 2.24. The number of hydrogen-bond donors (Lipinski definition) is 1. The van der Waals surface area contributed by atoms with Crippen molar-refractivity contribution >= 4 is 11.5 Å². The molecule has 0 spiro atoms. The van der Waals surface area contributed by atoms with E-state index in [9.17, 15) is 9.90 Å². The quantitative estimate of drug-likeness (QED) is 0.370. The van der Waals surface area contributed by atoms with E-state index in [0.29, 0.717) is 11.1 Å². The maximum absolute atomic E-state index is 9.83. The lowest BCUT2D eigenvalue weighted by Crippen LogP contribution is -1.97. The molecule has 0 radical (unpaired) electrons. The molecule has 0 aliphatic rings. The highest BCUT2D eigenvalue weighted by atomic mass is 16.3. The van der Waals surface area contributed by atoms with Gasteiger partial charge < -0.3 is 5.11 Å². The predicted molar refractivity (Wildman–Crippen MR) is 69.5 cm³/mol. The summed E-state index contributed by atoms with van der Waals surface area (Å²) < 4.78 is 0. The number of aliphatic hydroxyl groups is 1. The van der Waals surface area contributed by atoms with Gasteiger partial charge in [0.1, 0.15) is 5.76 Å². The van der Waals surface area contributed by atoms with E-state index >= 15 is 0 Å². The molecule has 0 heterocycles. The van der Waals surface area contributed by atoms with E-state index in [2.05, 4.69) is 0 Å². The summed E-state index contributed by atoms with van der Waals surface area (Å²) in [5, 5.41) is 9.83. The standard InChI is InChI=1S/C15H12O2/c16-14(12-7-3-1-4-8-12)11-15(17)13-9-5-2-6-10-13/h1-11,16H/p+1/b14-11-. The van der Waals surface area contributed by atoms with Crippen LogP contribution in [0.2, 0.25) is 0 Å². The van der Waals surface area contributed by atoms with Crippen molar-refractivity contribution in [2.75, 3.05) is 0 Å². The molecule has 0 aromatic heterocycles. The van der Waals surface area contributed by atoms with E-state index in [-0.39, 0.29) is 11.5 Å². The van der Waals surface area contributed by atoms with Crippen LogP contribution in [-0.2, 0) is 0 Å². The maximum atomic E-state index is 9.83. The Kier molecular flexibility index (Phi) is 3.36. The van der Waals surface area contributed by atoms with Crippen LogP contribution in [0.4, 0.5) is 0 Å². The van der Waals surface area contributed by atoms with Crippen LogP contribution < -0.4 is 0 Å². The van der Waals surface area contributed by atoms with E-state index in [1.807, 2.05) is 36.4 Å². The first kappa shape index (κ1) is 11.1. The van der Waals surface area contributed by atoms with Gasteiger partial charge in [0, 0.05) is 5.56 Å². The van der Waals surface area contributed by atoms with Crippen molar-refractivity contribution in [2.24, 2.45) is 0 Å². The molecule has 2 nitrogen and oxygen atoms in total. The van der Waals surface area contributed by atoms with Gasteiger partial charge in [-0.15, -0.1) is 0 Å². The number of allylic oxidation sites excluding steroid dienone is 1. The van der Waals surface area contributed by atoms with E-state index in [1.165, 1.54) is 6.08 Å². The average Bonchev–Trinajstić information content (AvgIpc) is 2.40. The Morgan fingerprint density at radius 2 is 1.29 bits per heavy atom. The maximum Gasteiger partial charge on any atom is 0.350 e. The third-order valence-corrected chi connectivity index (χ3v) is 2.41. The van der Waals surface area contributed by atoms with Crippen LogP contribution in [0.25, 0.3) is 5.76 Å². The molecule has 17 heavy (non-hydrogen) atoms. The molecule has 0 aliphatic heterocycles. The molecule has 0 saturated heterocycles. The molecule has 0 atom stereocenters. The predicted octanol–water partition coefficient (Wildman–Crippen LogP) is 3.18. The van der Waals surface area contributed by atoms with Gasteiger partial charge in [0.15, 0.2) is 0 Å². The lowest BCUT2D eigenvalue weighted by molar-refractivity contribution is 0.511. The lowest BCUT2D eigenvalue weighted by atomic mass is 10.1. The number of benzene rings is 2. The minimum absolute atomic E-state index is 0.0481. The average molecular weight is 225 g/mol. The van der Waals surface area contributed by atoms with Crippen LogP contribution in [0.5, 0.6) is 0 Å². The van der Waals surface area contributed by atoms with Crippen LogP contribution in [0, 0.1) is 0 Å². The van der Waals surface area contributed by atoms with Gasteiger partial charge in [-0.05, 0) is 12.1 Å². The molecule has 2 aromatic rings. The van der Waals surface area contributed by atoms with Gasteiger partial charge in [-0.1, -0.05) is 48.5 Å². The molecule has 2 aromatic carbocycles. The lowest BCUT2D eigenvalue weighted by Gasteiger charge is -1.97. The molecule has 0 aliphatic carbocycles. The highest BCUT2D eigenvalue weighted by Crippen LogP contribution is 2.11. The summed E-state index contributed by atoms with van der Waals surface area (Å²) in [4.78, 5) is 9.83. The Labute approximate surface area is 99.8 Å². The van der Waals surface area contributed by atoms with Crippen LogP contribution in [0.15, 0.2) is 66.7 Å². The smallest absolute Gasteiger partial charge is 0.350 e. The molecule has 0 amide bonds. The molecule has 0 unspecified atom stereocenters. The Morgan fingerprint density at radius 3 is 1.82 bits per heavy atom. The van der Waals surface area contributed by atoms with Gasteiger partial charge in [0.25, 0.3) is 0 Å². The number of carbonyl (C=O) groups excluding carboxylic acids is 1.